The second-order valence-electron chi connectivity index (χ2n) is 8.42. The Kier molecular flexibility index (Phi) is 7.18. The van der Waals surface area contributed by atoms with E-state index in [-0.39, 0.29) is 22.2 Å². The number of nitrogens with zero attached hydrogens (tertiary/aromatic N) is 2. The van der Waals surface area contributed by atoms with Gasteiger partial charge in [-0.15, -0.1) is 0 Å². The van der Waals surface area contributed by atoms with Gasteiger partial charge in [0.1, 0.15) is 6.04 Å². The number of hydrogen-bond acceptors (Lipinski definition) is 5. The van der Waals surface area contributed by atoms with Crippen molar-refractivity contribution in [2.75, 3.05) is 19.6 Å². The van der Waals surface area contributed by atoms with E-state index in [0.29, 0.717) is 38.0 Å². The minimum atomic E-state index is -3.77. The average Bonchev–Trinajstić information content (AvgIpc) is 3.35. The van der Waals surface area contributed by atoms with E-state index in [9.17, 15) is 21.6 Å². The molecule has 178 valence electrons. The van der Waals surface area contributed by atoms with Gasteiger partial charge < -0.3 is 5.32 Å². The van der Waals surface area contributed by atoms with E-state index in [4.69, 9.17) is 0 Å². The molecule has 0 bridgehead atoms. The molecule has 2 heterocycles. The maximum Gasteiger partial charge on any atom is 0.243 e. The molecule has 2 aromatic carbocycles. The minimum absolute atomic E-state index is 0.123. The maximum atomic E-state index is 13.0. The smallest absolute Gasteiger partial charge is 0.243 e. The molecule has 1 unspecified atom stereocenters. The van der Waals surface area contributed by atoms with Crippen LogP contribution in [0.25, 0.3) is 0 Å². The van der Waals surface area contributed by atoms with Crippen molar-refractivity contribution in [2.45, 2.75) is 54.5 Å². The Labute approximate surface area is 195 Å². The molecular formula is C23H29N3O5S2. The van der Waals surface area contributed by atoms with Gasteiger partial charge in [0.05, 0.1) is 9.79 Å². The third kappa shape index (κ3) is 5.13. The molecule has 2 saturated heterocycles. The van der Waals surface area contributed by atoms with E-state index < -0.39 is 26.1 Å². The van der Waals surface area contributed by atoms with E-state index >= 15 is 0 Å². The number of carbonyl (C=O) groups is 1. The normalized spacial score (nSPS) is 20.5. The van der Waals surface area contributed by atoms with Gasteiger partial charge >= 0.3 is 0 Å². The Morgan fingerprint density at radius 2 is 1.52 bits per heavy atom. The summed E-state index contributed by atoms with van der Waals surface area (Å²) in [5.41, 5.74) is 0.650. The Morgan fingerprint density at radius 1 is 0.818 bits per heavy atom. The van der Waals surface area contributed by atoms with Crippen LogP contribution in [0, 0.1) is 0 Å². The number of amides is 1. The zero-order valence-electron chi connectivity index (χ0n) is 18.4. The Morgan fingerprint density at radius 3 is 2.24 bits per heavy atom. The number of piperidine rings is 1. The first kappa shape index (κ1) is 23.9. The lowest BCUT2D eigenvalue weighted by atomic mass is 10.2. The number of sulfonamides is 2. The topological polar surface area (TPSA) is 104 Å². The fraction of sp³-hybridized carbons (Fsp3) is 0.435. The van der Waals surface area contributed by atoms with Gasteiger partial charge in [-0.3, -0.25) is 4.79 Å². The summed E-state index contributed by atoms with van der Waals surface area (Å²) in [6.07, 6.45) is 3.81. The van der Waals surface area contributed by atoms with Crippen LogP contribution in [0.5, 0.6) is 0 Å². The van der Waals surface area contributed by atoms with Crippen LogP contribution < -0.4 is 5.32 Å². The summed E-state index contributed by atoms with van der Waals surface area (Å²) in [6.45, 7) is 1.46. The second-order valence-corrected chi connectivity index (χ2v) is 12.2. The van der Waals surface area contributed by atoms with Crippen molar-refractivity contribution < 1.29 is 21.6 Å². The Bertz CT molecular complexity index is 1190. The first-order chi connectivity index (χ1) is 15.8. The van der Waals surface area contributed by atoms with E-state index in [1.807, 2.05) is 0 Å². The SMILES string of the molecule is O=C(NCc1cccc(S(=O)(=O)N2CCCCC2)c1)C1CCCN1S(=O)(=O)c1ccccc1. The molecule has 2 aliphatic rings. The fourth-order valence-corrected chi connectivity index (χ4v) is 7.66. The average molecular weight is 492 g/mol. The van der Waals surface area contributed by atoms with Gasteiger partial charge in [-0.05, 0) is 55.5 Å². The van der Waals surface area contributed by atoms with Crippen LogP contribution in [-0.4, -0.2) is 57.0 Å². The van der Waals surface area contributed by atoms with Crippen LogP contribution in [0.4, 0.5) is 0 Å². The van der Waals surface area contributed by atoms with Crippen LogP contribution >= 0.6 is 0 Å². The Balaban J connectivity index is 1.44. The molecule has 2 aromatic rings. The van der Waals surface area contributed by atoms with Gasteiger partial charge in [0.15, 0.2) is 0 Å². The predicted octanol–water partition coefficient (Wildman–Crippen LogP) is 2.33. The lowest BCUT2D eigenvalue weighted by Gasteiger charge is -2.26. The molecule has 0 saturated carbocycles. The minimum Gasteiger partial charge on any atom is -0.351 e. The molecule has 33 heavy (non-hydrogen) atoms. The highest BCUT2D eigenvalue weighted by Gasteiger charge is 2.39. The maximum absolute atomic E-state index is 13.0. The van der Waals surface area contributed by atoms with Gasteiger partial charge in [-0.2, -0.15) is 8.61 Å². The second kappa shape index (κ2) is 9.92. The summed E-state index contributed by atoms with van der Waals surface area (Å²) in [5, 5.41) is 2.80. The molecule has 0 aliphatic carbocycles. The van der Waals surface area contributed by atoms with Gasteiger partial charge in [0, 0.05) is 26.2 Å². The van der Waals surface area contributed by atoms with Crippen molar-refractivity contribution >= 4 is 26.0 Å². The summed E-state index contributed by atoms with van der Waals surface area (Å²) in [7, 11) is -7.33. The largest absolute Gasteiger partial charge is 0.351 e. The number of hydrogen-bond donors (Lipinski definition) is 1. The van der Waals surface area contributed by atoms with Crippen molar-refractivity contribution in [1.82, 2.24) is 13.9 Å². The molecule has 1 amide bonds. The van der Waals surface area contributed by atoms with Crippen molar-refractivity contribution in [3.63, 3.8) is 0 Å². The molecule has 2 fully saturated rings. The summed E-state index contributed by atoms with van der Waals surface area (Å²) in [6, 6.07) is 13.9. The lowest BCUT2D eigenvalue weighted by molar-refractivity contribution is -0.124. The van der Waals surface area contributed by atoms with E-state index in [2.05, 4.69) is 5.32 Å². The highest BCUT2D eigenvalue weighted by atomic mass is 32.2. The molecular weight excluding hydrogens is 462 g/mol. The molecule has 0 radical (unpaired) electrons. The van der Waals surface area contributed by atoms with Crippen LogP contribution in [0.3, 0.4) is 0 Å². The molecule has 0 aromatic heterocycles. The highest BCUT2D eigenvalue weighted by Crippen LogP contribution is 2.26. The zero-order valence-corrected chi connectivity index (χ0v) is 20.0. The molecule has 10 heteroatoms. The first-order valence-corrected chi connectivity index (χ1v) is 14.1. The Hall–Kier alpha value is -2.27. The quantitative estimate of drug-likeness (QED) is 0.640. The lowest BCUT2D eigenvalue weighted by Crippen LogP contribution is -2.45. The zero-order chi connectivity index (χ0) is 23.5. The standard InChI is InChI=1S/C23H29N3O5S2/c27-23(22-13-8-16-26(22)33(30,31)20-10-3-1-4-11-20)24-18-19-9-7-12-21(17-19)32(28,29)25-14-5-2-6-15-25/h1,3-4,7,9-12,17,22H,2,5-6,8,13-16,18H2,(H,24,27). The molecule has 1 atom stereocenters. The molecule has 4 rings (SSSR count). The van der Waals surface area contributed by atoms with Crippen LogP contribution in [-0.2, 0) is 31.4 Å². The van der Waals surface area contributed by atoms with Crippen molar-refractivity contribution in [2.24, 2.45) is 0 Å². The molecule has 2 aliphatic heterocycles. The summed E-state index contributed by atoms with van der Waals surface area (Å²) in [5.74, 6) is -0.378. The van der Waals surface area contributed by atoms with Gasteiger partial charge in [0.2, 0.25) is 26.0 Å². The van der Waals surface area contributed by atoms with E-state index in [1.165, 1.54) is 20.7 Å². The molecule has 8 nitrogen and oxygen atoms in total. The number of benzene rings is 2. The van der Waals surface area contributed by atoms with Gasteiger partial charge in [-0.1, -0.05) is 36.8 Å². The van der Waals surface area contributed by atoms with Gasteiger partial charge in [0.25, 0.3) is 0 Å². The van der Waals surface area contributed by atoms with Crippen LogP contribution in [0.1, 0.15) is 37.7 Å². The third-order valence-corrected chi connectivity index (χ3v) is 9.99. The first-order valence-electron chi connectivity index (χ1n) is 11.2. The number of rotatable bonds is 7. The highest BCUT2D eigenvalue weighted by molar-refractivity contribution is 7.89. The number of nitrogens with one attached hydrogen (secondary N) is 1. The van der Waals surface area contributed by atoms with Crippen molar-refractivity contribution in [3.8, 4) is 0 Å². The van der Waals surface area contributed by atoms with Crippen LogP contribution in [0.15, 0.2) is 64.4 Å². The summed E-state index contributed by atoms with van der Waals surface area (Å²) < 4.78 is 54.7. The number of carbonyl (C=O) groups excluding carboxylic acids is 1. The third-order valence-electron chi connectivity index (χ3n) is 6.17. The van der Waals surface area contributed by atoms with Crippen LogP contribution in [0.2, 0.25) is 0 Å². The molecule has 1 N–H and O–H groups in total. The van der Waals surface area contributed by atoms with Crippen molar-refractivity contribution in [3.05, 3.63) is 60.2 Å². The van der Waals surface area contributed by atoms with Crippen molar-refractivity contribution in [1.29, 1.82) is 0 Å². The predicted molar refractivity (Wildman–Crippen MR) is 124 cm³/mol. The monoisotopic (exact) mass is 491 g/mol. The van der Waals surface area contributed by atoms with E-state index in [0.717, 1.165) is 19.3 Å². The fourth-order valence-electron chi connectivity index (χ4n) is 4.39. The van der Waals surface area contributed by atoms with E-state index in [1.54, 1.807) is 42.5 Å². The molecule has 0 spiro atoms. The summed E-state index contributed by atoms with van der Waals surface area (Å²) in [4.78, 5) is 13.3. The van der Waals surface area contributed by atoms with Gasteiger partial charge in [-0.25, -0.2) is 16.8 Å². The summed E-state index contributed by atoms with van der Waals surface area (Å²) >= 11 is 0.